The van der Waals surface area contributed by atoms with Crippen LogP contribution in [0.2, 0.25) is 0 Å². The Balaban J connectivity index is 3.35. The molecule has 0 saturated carbocycles. The third-order valence-electron chi connectivity index (χ3n) is 1.93. The Hall–Kier alpha value is -1.12. The van der Waals surface area contributed by atoms with E-state index in [2.05, 4.69) is 0 Å². The molecule has 0 amide bonds. The molecule has 13 heavy (non-hydrogen) atoms. The van der Waals surface area contributed by atoms with Crippen LogP contribution >= 0.6 is 0 Å². The van der Waals surface area contributed by atoms with Crippen molar-refractivity contribution in [2.45, 2.75) is 26.2 Å². The van der Waals surface area contributed by atoms with Gasteiger partial charge in [-0.05, 0) is 17.0 Å². The van der Waals surface area contributed by atoms with Crippen LogP contribution in [-0.2, 0) is 5.41 Å². The van der Waals surface area contributed by atoms with Crippen LogP contribution < -0.4 is 5.73 Å². The zero-order valence-electron chi connectivity index (χ0n) is 7.99. The van der Waals surface area contributed by atoms with E-state index in [0.29, 0.717) is 5.56 Å². The zero-order chi connectivity index (χ0) is 10.2. The Morgan fingerprint density at radius 3 is 2.15 bits per heavy atom. The molecule has 0 fully saturated rings. The van der Waals surface area contributed by atoms with Gasteiger partial charge < -0.3 is 5.73 Å². The van der Waals surface area contributed by atoms with Gasteiger partial charge in [0.05, 0.1) is 0 Å². The van der Waals surface area contributed by atoms with Crippen LogP contribution in [0.15, 0.2) is 12.1 Å². The third-order valence-corrected chi connectivity index (χ3v) is 1.93. The van der Waals surface area contributed by atoms with E-state index >= 15 is 0 Å². The molecule has 1 nitrogen and oxygen atoms in total. The summed E-state index contributed by atoms with van der Waals surface area (Å²) in [5, 5.41) is 0. The predicted octanol–water partition coefficient (Wildman–Crippen LogP) is 2.84. The summed E-state index contributed by atoms with van der Waals surface area (Å²) >= 11 is 0. The van der Waals surface area contributed by atoms with Gasteiger partial charge in [-0.3, -0.25) is 0 Å². The number of nitrogen functional groups attached to an aromatic ring is 1. The van der Waals surface area contributed by atoms with Crippen LogP contribution in [-0.4, -0.2) is 0 Å². The van der Waals surface area contributed by atoms with E-state index in [9.17, 15) is 8.78 Å². The van der Waals surface area contributed by atoms with Crippen LogP contribution in [0, 0.1) is 11.6 Å². The summed E-state index contributed by atoms with van der Waals surface area (Å²) in [6.45, 7) is 5.55. The molecular weight excluding hydrogens is 172 g/mol. The first-order chi connectivity index (χ1) is 5.84. The maximum atomic E-state index is 13.4. The molecule has 0 saturated heterocycles. The molecule has 0 heterocycles. The van der Waals surface area contributed by atoms with Crippen molar-refractivity contribution < 1.29 is 8.78 Å². The normalized spacial score (nSPS) is 11.8. The number of halogens is 2. The lowest BCUT2D eigenvalue weighted by atomic mass is 9.86. The van der Waals surface area contributed by atoms with E-state index in [-0.39, 0.29) is 5.41 Å². The molecule has 1 aromatic rings. The van der Waals surface area contributed by atoms with Crippen molar-refractivity contribution in [1.29, 1.82) is 0 Å². The highest BCUT2D eigenvalue weighted by atomic mass is 19.1. The second-order valence-electron chi connectivity index (χ2n) is 4.07. The molecule has 0 bridgehead atoms. The van der Waals surface area contributed by atoms with Gasteiger partial charge in [-0.25, -0.2) is 8.78 Å². The molecule has 1 aromatic carbocycles. The summed E-state index contributed by atoms with van der Waals surface area (Å²) in [5.74, 6) is -1.35. The highest BCUT2D eigenvalue weighted by Gasteiger charge is 2.21. The van der Waals surface area contributed by atoms with Crippen molar-refractivity contribution in [3.05, 3.63) is 29.3 Å². The number of hydrogen-bond donors (Lipinski definition) is 1. The molecule has 0 aliphatic carbocycles. The Bertz CT molecular complexity index is 326. The topological polar surface area (TPSA) is 26.0 Å². The Labute approximate surface area is 76.6 Å². The molecule has 72 valence electrons. The van der Waals surface area contributed by atoms with Crippen LogP contribution in [0.25, 0.3) is 0 Å². The molecule has 0 aromatic heterocycles. The zero-order valence-corrected chi connectivity index (χ0v) is 7.99. The summed E-state index contributed by atoms with van der Waals surface area (Å²) in [7, 11) is 0. The number of hydrogen-bond acceptors (Lipinski definition) is 1. The number of rotatable bonds is 0. The first kappa shape index (κ1) is 9.96. The molecule has 0 aliphatic rings. The lowest BCUT2D eigenvalue weighted by Crippen LogP contribution is -2.15. The fourth-order valence-electron chi connectivity index (χ4n) is 1.15. The SMILES string of the molecule is CC(C)(C)c1ccc(F)c(N)c1F. The molecule has 0 aliphatic heterocycles. The maximum Gasteiger partial charge on any atom is 0.152 e. The standard InChI is InChI=1S/C10H13F2N/c1-10(2,3)6-4-5-7(11)9(13)8(6)12/h4-5H,13H2,1-3H3. The van der Waals surface area contributed by atoms with Crippen molar-refractivity contribution in [2.24, 2.45) is 0 Å². The highest BCUT2D eigenvalue weighted by molar-refractivity contribution is 5.46. The fourth-order valence-corrected chi connectivity index (χ4v) is 1.15. The molecule has 3 heteroatoms. The molecule has 0 radical (unpaired) electrons. The van der Waals surface area contributed by atoms with Gasteiger partial charge in [-0.2, -0.15) is 0 Å². The van der Waals surface area contributed by atoms with Gasteiger partial charge in [0.2, 0.25) is 0 Å². The quantitative estimate of drug-likeness (QED) is 0.618. The van der Waals surface area contributed by atoms with Gasteiger partial charge in [0.1, 0.15) is 11.5 Å². The molecule has 1 rings (SSSR count). The van der Waals surface area contributed by atoms with Gasteiger partial charge in [0.15, 0.2) is 5.82 Å². The predicted molar refractivity (Wildman–Crippen MR) is 49.5 cm³/mol. The molecule has 0 spiro atoms. The number of nitrogens with two attached hydrogens (primary N) is 1. The van der Waals surface area contributed by atoms with Crippen LogP contribution in [0.1, 0.15) is 26.3 Å². The minimum atomic E-state index is -0.703. The van der Waals surface area contributed by atoms with Gasteiger partial charge >= 0.3 is 0 Å². The van der Waals surface area contributed by atoms with E-state index in [1.165, 1.54) is 12.1 Å². The van der Waals surface area contributed by atoms with Gasteiger partial charge in [0, 0.05) is 0 Å². The summed E-state index contributed by atoms with van der Waals surface area (Å²) in [4.78, 5) is 0. The smallest absolute Gasteiger partial charge is 0.152 e. The molecule has 0 unspecified atom stereocenters. The Kier molecular flexibility index (Phi) is 2.28. The fraction of sp³-hybridized carbons (Fsp3) is 0.400. The van der Waals surface area contributed by atoms with Crippen molar-refractivity contribution in [3.63, 3.8) is 0 Å². The van der Waals surface area contributed by atoms with Crippen molar-refractivity contribution in [3.8, 4) is 0 Å². The summed E-state index contributed by atoms with van der Waals surface area (Å²) in [6.07, 6.45) is 0. The third kappa shape index (κ3) is 1.79. The van der Waals surface area contributed by atoms with E-state index in [4.69, 9.17) is 5.73 Å². The van der Waals surface area contributed by atoms with Crippen LogP contribution in [0.4, 0.5) is 14.5 Å². The van der Waals surface area contributed by atoms with Crippen molar-refractivity contribution >= 4 is 5.69 Å². The van der Waals surface area contributed by atoms with E-state index < -0.39 is 17.3 Å². The van der Waals surface area contributed by atoms with Crippen LogP contribution in [0.5, 0.6) is 0 Å². The lowest BCUT2D eigenvalue weighted by molar-refractivity contribution is 0.515. The molecule has 2 N–H and O–H groups in total. The highest BCUT2D eigenvalue weighted by Crippen LogP contribution is 2.29. The van der Waals surface area contributed by atoms with E-state index in [0.717, 1.165) is 0 Å². The Morgan fingerprint density at radius 1 is 1.15 bits per heavy atom. The summed E-state index contributed by atoms with van der Waals surface area (Å²) in [6, 6.07) is 2.63. The maximum absolute atomic E-state index is 13.4. The van der Waals surface area contributed by atoms with Gasteiger partial charge in [0.25, 0.3) is 0 Å². The lowest BCUT2D eigenvalue weighted by Gasteiger charge is -2.20. The second kappa shape index (κ2) is 2.98. The first-order valence-corrected chi connectivity index (χ1v) is 4.08. The van der Waals surface area contributed by atoms with Crippen molar-refractivity contribution in [2.75, 3.05) is 5.73 Å². The average Bonchev–Trinajstić information content (AvgIpc) is 1.98. The minimum Gasteiger partial charge on any atom is -0.394 e. The molecular formula is C10H13F2N. The van der Waals surface area contributed by atoms with Crippen LogP contribution in [0.3, 0.4) is 0 Å². The van der Waals surface area contributed by atoms with Gasteiger partial charge in [-0.15, -0.1) is 0 Å². The van der Waals surface area contributed by atoms with Crippen molar-refractivity contribution in [1.82, 2.24) is 0 Å². The average molecular weight is 185 g/mol. The first-order valence-electron chi connectivity index (χ1n) is 4.08. The summed E-state index contributed by atoms with van der Waals surface area (Å²) in [5.41, 5.74) is 4.91. The second-order valence-corrected chi connectivity index (χ2v) is 4.07. The monoisotopic (exact) mass is 185 g/mol. The summed E-state index contributed by atoms with van der Waals surface area (Å²) < 4.78 is 26.2. The number of benzene rings is 1. The van der Waals surface area contributed by atoms with E-state index in [1.54, 1.807) is 0 Å². The van der Waals surface area contributed by atoms with Gasteiger partial charge in [-0.1, -0.05) is 26.8 Å². The largest absolute Gasteiger partial charge is 0.394 e. The van der Waals surface area contributed by atoms with E-state index in [1.807, 2.05) is 20.8 Å². The molecule has 0 atom stereocenters. The number of anilines is 1. The minimum absolute atomic E-state index is 0.355. The Morgan fingerprint density at radius 2 is 1.69 bits per heavy atom.